The summed E-state index contributed by atoms with van der Waals surface area (Å²) in [5.74, 6) is 0.752. The van der Waals surface area contributed by atoms with Crippen LogP contribution in [0.4, 0.5) is 0 Å². The zero-order valence-corrected chi connectivity index (χ0v) is 17.3. The molecule has 0 aliphatic rings. The van der Waals surface area contributed by atoms with Gasteiger partial charge in [-0.05, 0) is 25.8 Å². The highest BCUT2D eigenvalue weighted by molar-refractivity contribution is 4.44. The van der Waals surface area contributed by atoms with E-state index in [0.717, 1.165) is 32.1 Å². The zero-order valence-electron chi connectivity index (χ0n) is 17.3. The van der Waals surface area contributed by atoms with Gasteiger partial charge >= 0.3 is 0 Å². The molecule has 6 nitrogen and oxygen atoms in total. The third kappa shape index (κ3) is 28.8. The Morgan fingerprint density at radius 2 is 0.960 bits per heavy atom. The van der Waals surface area contributed by atoms with Crippen LogP contribution in [0.5, 0.6) is 0 Å². The Bertz CT molecular complexity index is 218. The van der Waals surface area contributed by atoms with Gasteiger partial charge in [-0.1, -0.05) is 27.7 Å². The van der Waals surface area contributed by atoms with E-state index in [1.807, 2.05) is 20.9 Å². The van der Waals surface area contributed by atoms with E-state index in [9.17, 15) is 0 Å². The SMILES string of the molecule is CC.CNCCOCCOCCOCCOCCOCCCC(C)C. The summed E-state index contributed by atoms with van der Waals surface area (Å²) in [7, 11) is 1.90. The highest BCUT2D eigenvalue weighted by Crippen LogP contribution is 2.02. The quantitative estimate of drug-likeness (QED) is 0.355. The molecular weight excluding hydrogens is 322 g/mol. The van der Waals surface area contributed by atoms with Crippen molar-refractivity contribution in [2.24, 2.45) is 5.92 Å². The first-order valence-corrected chi connectivity index (χ1v) is 9.80. The van der Waals surface area contributed by atoms with E-state index in [1.165, 1.54) is 6.42 Å². The summed E-state index contributed by atoms with van der Waals surface area (Å²) in [5.41, 5.74) is 0. The molecule has 0 radical (unpaired) electrons. The van der Waals surface area contributed by atoms with Gasteiger partial charge in [0.15, 0.2) is 0 Å². The van der Waals surface area contributed by atoms with Crippen molar-refractivity contribution in [2.45, 2.75) is 40.5 Å². The number of nitrogens with one attached hydrogen (secondary N) is 1. The minimum absolute atomic E-state index is 0.589. The van der Waals surface area contributed by atoms with Crippen molar-refractivity contribution in [3.63, 3.8) is 0 Å². The molecule has 0 rings (SSSR count). The van der Waals surface area contributed by atoms with E-state index in [-0.39, 0.29) is 0 Å². The van der Waals surface area contributed by atoms with Crippen molar-refractivity contribution in [3.05, 3.63) is 0 Å². The second-order valence-corrected chi connectivity index (χ2v) is 5.70. The second-order valence-electron chi connectivity index (χ2n) is 5.70. The molecule has 0 atom stereocenters. The minimum Gasteiger partial charge on any atom is -0.379 e. The topological polar surface area (TPSA) is 58.2 Å². The van der Waals surface area contributed by atoms with Crippen LogP contribution in [-0.4, -0.2) is 79.7 Å². The zero-order chi connectivity index (χ0) is 19.0. The van der Waals surface area contributed by atoms with E-state index in [2.05, 4.69) is 19.2 Å². The van der Waals surface area contributed by atoms with Gasteiger partial charge in [-0.15, -0.1) is 0 Å². The smallest absolute Gasteiger partial charge is 0.0701 e. The van der Waals surface area contributed by atoms with E-state index >= 15 is 0 Å². The Morgan fingerprint density at radius 3 is 1.32 bits per heavy atom. The Labute approximate surface area is 155 Å². The Kier molecular flexibility index (Phi) is 28.1. The molecule has 0 amide bonds. The molecule has 154 valence electrons. The number of rotatable bonds is 19. The third-order valence-electron chi connectivity index (χ3n) is 3.05. The first-order valence-electron chi connectivity index (χ1n) is 9.80. The summed E-state index contributed by atoms with van der Waals surface area (Å²) in [4.78, 5) is 0. The van der Waals surface area contributed by atoms with Crippen LogP contribution in [0.15, 0.2) is 0 Å². The predicted octanol–water partition coefficient (Wildman–Crippen LogP) is 2.75. The molecule has 6 heteroatoms. The number of ether oxygens (including phenoxy) is 5. The molecule has 0 aromatic carbocycles. The lowest BCUT2D eigenvalue weighted by atomic mass is 10.1. The lowest BCUT2D eigenvalue weighted by Gasteiger charge is -2.08. The van der Waals surface area contributed by atoms with Crippen LogP contribution in [0.2, 0.25) is 0 Å². The highest BCUT2D eigenvalue weighted by atomic mass is 16.6. The summed E-state index contributed by atoms with van der Waals surface area (Å²) >= 11 is 0. The molecular formula is C19H43NO5. The molecule has 0 fully saturated rings. The molecule has 1 N–H and O–H groups in total. The molecule has 0 aliphatic carbocycles. The lowest BCUT2D eigenvalue weighted by molar-refractivity contribution is -0.0110. The molecule has 0 unspecified atom stereocenters. The molecule has 0 bridgehead atoms. The first kappa shape index (κ1) is 27.0. The standard InChI is InChI=1S/C17H37NO5.C2H6/c1-17(2)5-4-7-19-9-11-21-13-15-23-16-14-22-12-10-20-8-6-18-3;1-2/h17-18H,4-16H2,1-3H3;1-2H3. The fourth-order valence-electron chi connectivity index (χ4n) is 1.75. The summed E-state index contributed by atoms with van der Waals surface area (Å²) in [6.45, 7) is 15.8. The maximum Gasteiger partial charge on any atom is 0.0701 e. The fraction of sp³-hybridized carbons (Fsp3) is 1.00. The molecule has 0 aliphatic heterocycles. The predicted molar refractivity (Wildman–Crippen MR) is 103 cm³/mol. The fourth-order valence-corrected chi connectivity index (χ4v) is 1.75. The van der Waals surface area contributed by atoms with Gasteiger partial charge in [-0.25, -0.2) is 0 Å². The minimum atomic E-state index is 0.589. The maximum atomic E-state index is 5.49. The number of likely N-dealkylation sites (N-methyl/N-ethyl adjacent to an activating group) is 1. The van der Waals surface area contributed by atoms with Crippen LogP contribution in [0.3, 0.4) is 0 Å². The van der Waals surface area contributed by atoms with Gasteiger partial charge in [0.1, 0.15) is 0 Å². The van der Waals surface area contributed by atoms with Crippen molar-refractivity contribution in [3.8, 4) is 0 Å². The van der Waals surface area contributed by atoms with E-state index in [1.54, 1.807) is 0 Å². The molecule has 0 saturated heterocycles. The van der Waals surface area contributed by atoms with Crippen molar-refractivity contribution >= 4 is 0 Å². The normalized spacial score (nSPS) is 10.8. The van der Waals surface area contributed by atoms with Crippen molar-refractivity contribution in [2.75, 3.05) is 79.7 Å². The largest absolute Gasteiger partial charge is 0.379 e. The summed E-state index contributed by atoms with van der Waals surface area (Å²) in [6.07, 6.45) is 2.35. The highest BCUT2D eigenvalue weighted by Gasteiger charge is 1.95. The van der Waals surface area contributed by atoms with Gasteiger partial charge in [0.05, 0.1) is 59.5 Å². The summed E-state index contributed by atoms with van der Waals surface area (Å²) in [5, 5.41) is 3.02. The van der Waals surface area contributed by atoms with E-state index < -0.39 is 0 Å². The van der Waals surface area contributed by atoms with Crippen molar-refractivity contribution in [1.29, 1.82) is 0 Å². The molecule has 0 aromatic rings. The first-order chi connectivity index (χ1) is 12.3. The van der Waals surface area contributed by atoms with Gasteiger partial charge < -0.3 is 29.0 Å². The maximum absolute atomic E-state index is 5.49. The summed E-state index contributed by atoms with van der Waals surface area (Å²) in [6, 6.07) is 0. The molecule has 0 aromatic heterocycles. The van der Waals surface area contributed by atoms with Crippen LogP contribution in [0, 0.1) is 5.92 Å². The molecule has 25 heavy (non-hydrogen) atoms. The van der Waals surface area contributed by atoms with Crippen LogP contribution >= 0.6 is 0 Å². The van der Waals surface area contributed by atoms with Crippen LogP contribution < -0.4 is 5.32 Å². The molecule has 0 saturated carbocycles. The molecule has 0 heterocycles. The lowest BCUT2D eigenvalue weighted by Crippen LogP contribution is -2.17. The van der Waals surface area contributed by atoms with Gasteiger partial charge in [0.25, 0.3) is 0 Å². The van der Waals surface area contributed by atoms with Gasteiger partial charge in [0.2, 0.25) is 0 Å². The summed E-state index contributed by atoms with van der Waals surface area (Å²) < 4.78 is 27.0. The average molecular weight is 366 g/mol. The van der Waals surface area contributed by atoms with E-state index in [0.29, 0.717) is 52.9 Å². The average Bonchev–Trinajstić information content (AvgIpc) is 2.62. The van der Waals surface area contributed by atoms with Crippen LogP contribution in [0.25, 0.3) is 0 Å². The van der Waals surface area contributed by atoms with Crippen LogP contribution in [0.1, 0.15) is 40.5 Å². The van der Waals surface area contributed by atoms with Gasteiger partial charge in [0, 0.05) is 13.2 Å². The molecule has 0 spiro atoms. The van der Waals surface area contributed by atoms with E-state index in [4.69, 9.17) is 23.7 Å². The number of hydrogen-bond acceptors (Lipinski definition) is 6. The third-order valence-corrected chi connectivity index (χ3v) is 3.05. The van der Waals surface area contributed by atoms with Crippen molar-refractivity contribution in [1.82, 2.24) is 5.32 Å². The Hall–Kier alpha value is -0.240. The number of hydrogen-bond donors (Lipinski definition) is 1. The van der Waals surface area contributed by atoms with Crippen molar-refractivity contribution < 1.29 is 23.7 Å². The Morgan fingerprint density at radius 1 is 0.600 bits per heavy atom. The second kappa shape index (κ2) is 26.0. The Balaban J connectivity index is 0. The van der Waals surface area contributed by atoms with Gasteiger partial charge in [-0.3, -0.25) is 0 Å². The van der Waals surface area contributed by atoms with Crippen LogP contribution in [-0.2, 0) is 23.7 Å². The van der Waals surface area contributed by atoms with Gasteiger partial charge in [-0.2, -0.15) is 0 Å². The monoisotopic (exact) mass is 365 g/mol.